The summed E-state index contributed by atoms with van der Waals surface area (Å²) in [6.45, 7) is 0.699. The van der Waals surface area contributed by atoms with Gasteiger partial charge in [-0.25, -0.2) is 12.8 Å². The number of nitrogens with zero attached hydrogens (tertiary/aromatic N) is 1. The molecule has 4 rings (SSSR count). The predicted octanol–water partition coefficient (Wildman–Crippen LogP) is 3.47. The Morgan fingerprint density at radius 2 is 1.85 bits per heavy atom. The lowest BCUT2D eigenvalue weighted by atomic mass is 9.89. The molecule has 1 amide bonds. The number of hydrogen-bond acceptors (Lipinski definition) is 6. The normalized spacial score (nSPS) is 21.6. The fraction of sp³-hybridized carbons (Fsp3) is 0.417. The van der Waals surface area contributed by atoms with E-state index >= 15 is 0 Å². The maximum Gasteiger partial charge on any atom is 0.245 e. The molecule has 0 unspecified atom stereocenters. The highest BCUT2D eigenvalue weighted by molar-refractivity contribution is 7.91. The Balaban J connectivity index is 1.66. The van der Waals surface area contributed by atoms with E-state index in [1.165, 1.54) is 23.1 Å². The lowest BCUT2D eigenvalue weighted by Gasteiger charge is -2.29. The Morgan fingerprint density at radius 1 is 1.18 bits per heavy atom. The number of carbonyl (C=O) groups is 2. The molecule has 0 radical (unpaired) electrons. The summed E-state index contributed by atoms with van der Waals surface area (Å²) in [5.41, 5.74) is 5.51. The topological polar surface area (TPSA) is 107 Å². The van der Waals surface area contributed by atoms with Gasteiger partial charge in [-0.2, -0.15) is 0 Å². The van der Waals surface area contributed by atoms with Crippen molar-refractivity contribution in [2.75, 3.05) is 23.9 Å². The van der Waals surface area contributed by atoms with Gasteiger partial charge in [-0.15, -0.1) is 0 Å². The SMILES string of the molecule is N[C@H]1CS(=O)(=O)c2ccc(C(=O)CCC3(F)CCOCC3)cc2N(Cc2ccc(Cl)cc2)C1=O. The van der Waals surface area contributed by atoms with Gasteiger partial charge in [-0.05, 0) is 42.3 Å². The van der Waals surface area contributed by atoms with Crippen molar-refractivity contribution >= 4 is 38.8 Å². The van der Waals surface area contributed by atoms with E-state index in [0.717, 1.165) is 0 Å². The van der Waals surface area contributed by atoms with Gasteiger partial charge >= 0.3 is 0 Å². The average molecular weight is 509 g/mol. The van der Waals surface area contributed by atoms with Gasteiger partial charge in [-0.1, -0.05) is 23.7 Å². The van der Waals surface area contributed by atoms with E-state index in [2.05, 4.69) is 0 Å². The summed E-state index contributed by atoms with van der Waals surface area (Å²) < 4.78 is 46.0. The molecule has 182 valence electrons. The highest BCUT2D eigenvalue weighted by Gasteiger charge is 2.37. The molecule has 1 fully saturated rings. The van der Waals surface area contributed by atoms with E-state index in [1.807, 2.05) is 0 Å². The molecule has 2 aromatic carbocycles. The van der Waals surface area contributed by atoms with Crippen LogP contribution in [0, 0.1) is 0 Å². The fourth-order valence-corrected chi connectivity index (χ4v) is 5.97. The van der Waals surface area contributed by atoms with Crippen molar-refractivity contribution in [3.8, 4) is 0 Å². The monoisotopic (exact) mass is 508 g/mol. The number of anilines is 1. The first-order valence-corrected chi connectivity index (χ1v) is 13.1. The van der Waals surface area contributed by atoms with E-state index < -0.39 is 33.2 Å². The number of carbonyl (C=O) groups excluding carboxylic acids is 2. The Morgan fingerprint density at radius 3 is 2.53 bits per heavy atom. The number of halogens is 2. The minimum Gasteiger partial charge on any atom is -0.381 e. The first kappa shape index (κ1) is 24.8. The summed E-state index contributed by atoms with van der Waals surface area (Å²) >= 11 is 5.95. The molecule has 34 heavy (non-hydrogen) atoms. The standard InChI is InChI=1S/C24H26ClFN2O5S/c25-18-4-1-16(2-5-18)14-28-20-13-17(21(29)7-8-24(26)9-11-33-12-10-24)3-6-22(20)34(31,32)15-19(27)23(28)30/h1-6,13,19H,7-12,14-15,27H2/t19-/m0/s1. The molecule has 2 aliphatic heterocycles. The summed E-state index contributed by atoms with van der Waals surface area (Å²) in [5, 5.41) is 0.522. The molecule has 2 N–H and O–H groups in total. The van der Waals surface area contributed by atoms with Gasteiger partial charge in [0.2, 0.25) is 5.91 Å². The first-order valence-electron chi connectivity index (χ1n) is 11.1. The van der Waals surface area contributed by atoms with Gasteiger partial charge in [0.1, 0.15) is 5.67 Å². The average Bonchev–Trinajstić information content (AvgIpc) is 2.87. The van der Waals surface area contributed by atoms with Crippen molar-refractivity contribution in [3.05, 3.63) is 58.6 Å². The van der Waals surface area contributed by atoms with Gasteiger partial charge in [0, 0.05) is 43.1 Å². The van der Waals surface area contributed by atoms with Gasteiger partial charge in [0.25, 0.3) is 0 Å². The third kappa shape index (κ3) is 5.33. The molecule has 0 aromatic heterocycles. The third-order valence-corrected chi connectivity index (χ3v) is 8.40. The molecule has 2 aromatic rings. The van der Waals surface area contributed by atoms with E-state index in [0.29, 0.717) is 23.8 Å². The molecule has 1 saturated heterocycles. The van der Waals surface area contributed by atoms with Gasteiger partial charge in [-0.3, -0.25) is 9.59 Å². The van der Waals surface area contributed by atoms with Crippen LogP contribution >= 0.6 is 11.6 Å². The molecular formula is C24H26ClFN2O5S. The Hall–Kier alpha value is -2.33. The molecule has 2 aliphatic rings. The molecular weight excluding hydrogens is 483 g/mol. The molecule has 1 atom stereocenters. The Labute approximate surface area is 202 Å². The lowest BCUT2D eigenvalue weighted by Crippen LogP contribution is -2.45. The van der Waals surface area contributed by atoms with E-state index in [4.69, 9.17) is 22.1 Å². The van der Waals surface area contributed by atoms with E-state index in [-0.39, 0.29) is 54.2 Å². The highest BCUT2D eigenvalue weighted by Crippen LogP contribution is 2.34. The molecule has 7 nitrogen and oxygen atoms in total. The summed E-state index contributed by atoms with van der Waals surface area (Å²) in [5.74, 6) is -1.42. The summed E-state index contributed by atoms with van der Waals surface area (Å²) in [7, 11) is -3.87. The predicted molar refractivity (Wildman–Crippen MR) is 127 cm³/mol. The van der Waals surface area contributed by atoms with Gasteiger partial charge in [0.15, 0.2) is 15.6 Å². The zero-order chi connectivity index (χ0) is 24.5. The fourth-order valence-electron chi connectivity index (χ4n) is 4.29. The maximum absolute atomic E-state index is 14.9. The van der Waals surface area contributed by atoms with Crippen LogP contribution in [0.15, 0.2) is 47.4 Å². The van der Waals surface area contributed by atoms with Crippen LogP contribution in [0.3, 0.4) is 0 Å². The highest BCUT2D eigenvalue weighted by atomic mass is 35.5. The Kier molecular flexibility index (Phi) is 7.09. The Bertz CT molecular complexity index is 1200. The van der Waals surface area contributed by atoms with Gasteiger partial charge in [0.05, 0.1) is 28.9 Å². The number of hydrogen-bond donors (Lipinski definition) is 1. The number of nitrogens with two attached hydrogens (primary N) is 1. The number of rotatable bonds is 6. The second kappa shape index (κ2) is 9.73. The van der Waals surface area contributed by atoms with E-state index in [9.17, 15) is 22.4 Å². The quantitative estimate of drug-likeness (QED) is 0.599. The van der Waals surface area contributed by atoms with Crippen molar-refractivity contribution in [1.82, 2.24) is 0 Å². The number of ether oxygens (including phenoxy) is 1. The van der Waals surface area contributed by atoms with Crippen LogP contribution in [0.4, 0.5) is 10.1 Å². The van der Waals surface area contributed by atoms with Crippen LogP contribution in [0.25, 0.3) is 0 Å². The number of amides is 1. The second-order valence-corrected chi connectivity index (χ2v) is 11.2. The molecule has 0 aliphatic carbocycles. The van der Waals surface area contributed by atoms with Crippen molar-refractivity contribution in [3.63, 3.8) is 0 Å². The lowest BCUT2D eigenvalue weighted by molar-refractivity contribution is -0.119. The van der Waals surface area contributed by atoms with Gasteiger partial charge < -0.3 is 15.4 Å². The third-order valence-electron chi connectivity index (χ3n) is 6.33. The smallest absolute Gasteiger partial charge is 0.245 e. The number of sulfone groups is 1. The number of Topliss-reactive ketones (excluding diaryl/α,β-unsaturated/α-hetero) is 1. The van der Waals surface area contributed by atoms with Crippen LogP contribution in [0.5, 0.6) is 0 Å². The molecule has 0 spiro atoms. The van der Waals surface area contributed by atoms with Crippen molar-refractivity contribution in [1.29, 1.82) is 0 Å². The maximum atomic E-state index is 14.9. The first-order chi connectivity index (χ1) is 16.1. The van der Waals surface area contributed by atoms with Crippen molar-refractivity contribution in [2.45, 2.75) is 48.8 Å². The van der Waals surface area contributed by atoms with Crippen LogP contribution in [0.2, 0.25) is 5.02 Å². The number of fused-ring (bicyclic) bond motifs is 1. The van der Waals surface area contributed by atoms with Crippen LogP contribution < -0.4 is 10.6 Å². The van der Waals surface area contributed by atoms with Crippen LogP contribution in [0.1, 0.15) is 41.6 Å². The molecule has 0 saturated carbocycles. The van der Waals surface area contributed by atoms with Crippen molar-refractivity contribution in [2.24, 2.45) is 5.73 Å². The molecule has 2 heterocycles. The number of alkyl halides is 1. The second-order valence-electron chi connectivity index (χ2n) is 8.81. The summed E-state index contributed by atoms with van der Waals surface area (Å²) in [6, 6.07) is 9.68. The van der Waals surface area contributed by atoms with Crippen LogP contribution in [-0.4, -0.2) is 50.8 Å². The zero-order valence-corrected chi connectivity index (χ0v) is 20.1. The molecule has 0 bridgehead atoms. The van der Waals surface area contributed by atoms with E-state index in [1.54, 1.807) is 24.3 Å². The summed E-state index contributed by atoms with van der Waals surface area (Å²) in [4.78, 5) is 27.2. The number of ketones is 1. The minimum atomic E-state index is -3.87. The largest absolute Gasteiger partial charge is 0.381 e. The molecule has 10 heteroatoms. The number of benzene rings is 2. The van der Waals surface area contributed by atoms with Crippen LogP contribution in [-0.2, 0) is 25.9 Å². The zero-order valence-electron chi connectivity index (χ0n) is 18.5. The van der Waals surface area contributed by atoms with Crippen molar-refractivity contribution < 1.29 is 27.1 Å². The minimum absolute atomic E-state index is 0.0350. The summed E-state index contributed by atoms with van der Waals surface area (Å²) in [6.07, 6.45) is 0.503.